The highest BCUT2D eigenvalue weighted by Gasteiger charge is 2.59. The van der Waals surface area contributed by atoms with E-state index in [4.69, 9.17) is 5.11 Å². The van der Waals surface area contributed by atoms with Gasteiger partial charge < -0.3 is 10.4 Å². The number of aromatic carboxylic acids is 1. The predicted molar refractivity (Wildman–Crippen MR) is 77.8 cm³/mol. The Morgan fingerprint density at radius 1 is 1.45 bits per heavy atom. The standard InChI is InChI=1S/C16H22N2O2/c1-15(2)10-4-6-16(3,9-10)14(15)18-11-5-7-17-12(8-11)13(19)20/h5,7-8,10,14H,4,6,9H2,1-3H3,(H,17,18)(H,19,20). The first-order valence-corrected chi connectivity index (χ1v) is 7.29. The summed E-state index contributed by atoms with van der Waals surface area (Å²) in [5.41, 5.74) is 1.53. The van der Waals surface area contributed by atoms with Gasteiger partial charge >= 0.3 is 5.97 Å². The zero-order valence-corrected chi connectivity index (χ0v) is 12.3. The average molecular weight is 274 g/mol. The minimum absolute atomic E-state index is 0.0983. The molecule has 3 rings (SSSR count). The molecule has 0 amide bonds. The molecule has 0 aromatic carbocycles. The monoisotopic (exact) mass is 274 g/mol. The second-order valence-corrected chi connectivity index (χ2v) is 7.23. The topological polar surface area (TPSA) is 62.2 Å². The largest absolute Gasteiger partial charge is 0.477 e. The molecule has 2 aliphatic carbocycles. The molecule has 1 aromatic heterocycles. The van der Waals surface area contributed by atoms with Crippen LogP contribution in [0.3, 0.4) is 0 Å². The number of rotatable bonds is 3. The number of hydrogen-bond acceptors (Lipinski definition) is 3. The van der Waals surface area contributed by atoms with Crippen LogP contribution in [0.25, 0.3) is 0 Å². The third-order valence-electron chi connectivity index (χ3n) is 5.56. The van der Waals surface area contributed by atoms with Crippen molar-refractivity contribution in [2.24, 2.45) is 16.7 Å². The Morgan fingerprint density at radius 3 is 2.80 bits per heavy atom. The van der Waals surface area contributed by atoms with Gasteiger partial charge in [0.1, 0.15) is 5.69 Å². The van der Waals surface area contributed by atoms with Crippen LogP contribution in [0.5, 0.6) is 0 Å². The summed E-state index contributed by atoms with van der Waals surface area (Å²) in [4.78, 5) is 14.9. The van der Waals surface area contributed by atoms with Crippen LogP contribution >= 0.6 is 0 Å². The zero-order valence-electron chi connectivity index (χ0n) is 12.3. The molecule has 0 radical (unpaired) electrons. The minimum Gasteiger partial charge on any atom is -0.477 e. The van der Waals surface area contributed by atoms with Crippen molar-refractivity contribution in [2.75, 3.05) is 5.32 Å². The Bertz CT molecular complexity index is 550. The van der Waals surface area contributed by atoms with Gasteiger partial charge in [-0.25, -0.2) is 9.78 Å². The number of aromatic nitrogens is 1. The van der Waals surface area contributed by atoms with E-state index in [-0.39, 0.29) is 11.1 Å². The molecule has 3 atom stereocenters. The summed E-state index contributed by atoms with van der Waals surface area (Å²) in [6.45, 7) is 7.02. The lowest BCUT2D eigenvalue weighted by Crippen LogP contribution is -2.45. The third kappa shape index (κ3) is 1.89. The van der Waals surface area contributed by atoms with Gasteiger partial charge in [0, 0.05) is 17.9 Å². The second kappa shape index (κ2) is 4.21. The Morgan fingerprint density at radius 2 is 2.20 bits per heavy atom. The first-order valence-electron chi connectivity index (χ1n) is 7.29. The highest BCUT2D eigenvalue weighted by Crippen LogP contribution is 2.63. The van der Waals surface area contributed by atoms with Crippen LogP contribution < -0.4 is 5.32 Å². The van der Waals surface area contributed by atoms with Gasteiger partial charge in [0.05, 0.1) is 0 Å². The van der Waals surface area contributed by atoms with Crippen LogP contribution in [-0.2, 0) is 0 Å². The van der Waals surface area contributed by atoms with Gasteiger partial charge in [-0.2, -0.15) is 0 Å². The molecule has 1 aromatic rings. The number of hydrogen-bond donors (Lipinski definition) is 2. The molecular formula is C16H22N2O2. The number of carboxylic acids is 1. The van der Waals surface area contributed by atoms with Gasteiger partial charge in [0.2, 0.25) is 0 Å². The summed E-state index contributed by atoms with van der Waals surface area (Å²) in [7, 11) is 0. The van der Waals surface area contributed by atoms with E-state index >= 15 is 0 Å². The number of nitrogens with one attached hydrogen (secondary N) is 1. The summed E-state index contributed by atoms with van der Waals surface area (Å²) >= 11 is 0. The molecule has 0 saturated heterocycles. The van der Waals surface area contributed by atoms with Crippen molar-refractivity contribution in [3.8, 4) is 0 Å². The molecule has 2 aliphatic rings. The van der Waals surface area contributed by atoms with Crippen LogP contribution in [0, 0.1) is 16.7 Å². The second-order valence-electron chi connectivity index (χ2n) is 7.23. The normalized spacial score (nSPS) is 34.1. The third-order valence-corrected chi connectivity index (χ3v) is 5.56. The van der Waals surface area contributed by atoms with Gasteiger partial charge in [-0.3, -0.25) is 0 Å². The molecule has 0 spiro atoms. The average Bonchev–Trinajstić information content (AvgIpc) is 2.86. The van der Waals surface area contributed by atoms with E-state index in [1.54, 1.807) is 12.3 Å². The Hall–Kier alpha value is -1.58. The van der Waals surface area contributed by atoms with E-state index in [9.17, 15) is 4.79 Å². The molecule has 0 aliphatic heterocycles. The molecule has 108 valence electrons. The van der Waals surface area contributed by atoms with E-state index in [0.717, 1.165) is 11.6 Å². The van der Waals surface area contributed by atoms with E-state index < -0.39 is 5.97 Å². The Labute approximate surface area is 119 Å². The first-order chi connectivity index (χ1) is 9.33. The maximum atomic E-state index is 11.0. The number of nitrogens with zero attached hydrogens (tertiary/aromatic N) is 1. The zero-order chi connectivity index (χ0) is 14.5. The fourth-order valence-corrected chi connectivity index (χ4v) is 4.47. The lowest BCUT2D eigenvalue weighted by atomic mass is 9.68. The minimum atomic E-state index is -0.980. The molecule has 2 N–H and O–H groups in total. The number of anilines is 1. The van der Waals surface area contributed by atoms with Gasteiger partial charge in [0.15, 0.2) is 0 Å². The maximum absolute atomic E-state index is 11.0. The number of carboxylic acid groups (broad SMARTS) is 1. The van der Waals surface area contributed by atoms with Crippen LogP contribution in [0.2, 0.25) is 0 Å². The van der Waals surface area contributed by atoms with Crippen LogP contribution in [0.4, 0.5) is 5.69 Å². The molecule has 20 heavy (non-hydrogen) atoms. The summed E-state index contributed by atoms with van der Waals surface area (Å²) in [6.07, 6.45) is 5.41. The molecule has 2 bridgehead atoms. The van der Waals surface area contributed by atoms with Crippen LogP contribution in [0.1, 0.15) is 50.5 Å². The molecular weight excluding hydrogens is 252 g/mol. The highest BCUT2D eigenvalue weighted by atomic mass is 16.4. The first kappa shape index (κ1) is 13.4. The van der Waals surface area contributed by atoms with Gasteiger partial charge in [-0.15, -0.1) is 0 Å². The van der Waals surface area contributed by atoms with Gasteiger partial charge in [0.25, 0.3) is 0 Å². The van der Waals surface area contributed by atoms with Crippen molar-refractivity contribution in [1.82, 2.24) is 4.98 Å². The molecule has 2 saturated carbocycles. The van der Waals surface area contributed by atoms with Crippen LogP contribution in [-0.4, -0.2) is 22.1 Å². The quantitative estimate of drug-likeness (QED) is 0.886. The van der Waals surface area contributed by atoms with Crippen molar-refractivity contribution in [3.63, 3.8) is 0 Å². The Kier molecular flexibility index (Phi) is 2.82. The van der Waals surface area contributed by atoms with Crippen molar-refractivity contribution < 1.29 is 9.90 Å². The molecule has 1 heterocycles. The molecule has 4 nitrogen and oxygen atoms in total. The number of carbonyl (C=O) groups is 1. The predicted octanol–water partition coefficient (Wildman–Crippen LogP) is 3.41. The summed E-state index contributed by atoms with van der Waals surface area (Å²) in [6, 6.07) is 3.88. The molecule has 2 fully saturated rings. The fraction of sp³-hybridized carbons (Fsp3) is 0.625. The summed E-state index contributed by atoms with van der Waals surface area (Å²) in [5, 5.41) is 12.6. The smallest absolute Gasteiger partial charge is 0.354 e. The van der Waals surface area contributed by atoms with Crippen molar-refractivity contribution in [2.45, 2.75) is 46.1 Å². The van der Waals surface area contributed by atoms with Crippen LogP contribution in [0.15, 0.2) is 18.3 Å². The van der Waals surface area contributed by atoms with Crippen molar-refractivity contribution in [1.29, 1.82) is 0 Å². The highest BCUT2D eigenvalue weighted by molar-refractivity contribution is 5.86. The number of fused-ring (bicyclic) bond motifs is 2. The van der Waals surface area contributed by atoms with Gasteiger partial charge in [-0.05, 0) is 48.1 Å². The lowest BCUT2D eigenvalue weighted by Gasteiger charge is -2.43. The number of pyridine rings is 1. The summed E-state index contributed by atoms with van der Waals surface area (Å²) in [5.74, 6) is -0.210. The van der Waals surface area contributed by atoms with Crippen molar-refractivity contribution in [3.05, 3.63) is 24.0 Å². The van der Waals surface area contributed by atoms with Crippen molar-refractivity contribution >= 4 is 11.7 Å². The fourth-order valence-electron chi connectivity index (χ4n) is 4.47. The van der Waals surface area contributed by atoms with E-state index in [0.29, 0.717) is 11.5 Å². The lowest BCUT2D eigenvalue weighted by molar-refractivity contribution is 0.0690. The van der Waals surface area contributed by atoms with E-state index in [1.807, 2.05) is 6.07 Å². The molecule has 4 heteroatoms. The van der Waals surface area contributed by atoms with E-state index in [2.05, 4.69) is 31.1 Å². The maximum Gasteiger partial charge on any atom is 0.354 e. The molecule has 3 unspecified atom stereocenters. The van der Waals surface area contributed by atoms with E-state index in [1.165, 1.54) is 19.3 Å². The summed E-state index contributed by atoms with van der Waals surface area (Å²) < 4.78 is 0. The SMILES string of the molecule is CC12CCC(C1)C(C)(C)C2Nc1ccnc(C(=O)O)c1. The Balaban J connectivity index is 1.87. The van der Waals surface area contributed by atoms with Gasteiger partial charge in [-0.1, -0.05) is 20.8 Å².